The molecule has 0 unspecified atom stereocenters. The van der Waals surface area contributed by atoms with E-state index in [2.05, 4.69) is 6.58 Å². The minimum absolute atomic E-state index is 0.0488. The van der Waals surface area contributed by atoms with Gasteiger partial charge in [-0.2, -0.15) is 0 Å². The van der Waals surface area contributed by atoms with Gasteiger partial charge in [0.25, 0.3) is 0 Å². The van der Waals surface area contributed by atoms with Gasteiger partial charge in [0.2, 0.25) is 11.5 Å². The number of methoxy groups -OCH3 is 2. The molecule has 3 atom stereocenters. The number of carbonyl (C=O) groups excluding carboxylic acids is 1. The van der Waals surface area contributed by atoms with E-state index in [1.54, 1.807) is 0 Å². The quantitative estimate of drug-likeness (QED) is 0.727. The molecule has 98 valence electrons. The van der Waals surface area contributed by atoms with E-state index in [0.29, 0.717) is 18.6 Å². The SMILES string of the molecule is C=C1C[C@H]2CCO[C@]23C(=O)C(OC)=C(OC)[C@]13O. The Bertz CT molecular complexity index is 480. The van der Waals surface area contributed by atoms with Crippen molar-refractivity contribution in [2.75, 3.05) is 20.8 Å². The van der Waals surface area contributed by atoms with Crippen LogP contribution in [0.4, 0.5) is 0 Å². The number of carbonyl (C=O) groups is 1. The average molecular weight is 252 g/mol. The molecule has 0 radical (unpaired) electrons. The third kappa shape index (κ3) is 0.917. The molecule has 0 aromatic rings. The average Bonchev–Trinajstić information content (AvgIpc) is 2.91. The minimum atomic E-state index is -1.58. The van der Waals surface area contributed by atoms with Crippen LogP contribution in [0, 0.1) is 5.92 Å². The van der Waals surface area contributed by atoms with Crippen LogP contribution in [0.15, 0.2) is 23.7 Å². The van der Waals surface area contributed by atoms with Crippen LogP contribution < -0.4 is 0 Å². The number of hydrogen-bond acceptors (Lipinski definition) is 5. The second-order valence-corrected chi connectivity index (χ2v) is 4.98. The molecule has 2 fully saturated rings. The summed E-state index contributed by atoms with van der Waals surface area (Å²) in [4.78, 5) is 12.6. The monoisotopic (exact) mass is 252 g/mol. The van der Waals surface area contributed by atoms with Crippen LogP contribution in [0.2, 0.25) is 0 Å². The zero-order valence-electron chi connectivity index (χ0n) is 10.5. The van der Waals surface area contributed by atoms with Gasteiger partial charge in [-0.15, -0.1) is 0 Å². The van der Waals surface area contributed by atoms with Crippen LogP contribution >= 0.6 is 0 Å². The highest BCUT2D eigenvalue weighted by molar-refractivity contribution is 6.07. The van der Waals surface area contributed by atoms with E-state index >= 15 is 0 Å². The highest BCUT2D eigenvalue weighted by Gasteiger charge is 2.76. The van der Waals surface area contributed by atoms with Crippen molar-refractivity contribution in [3.05, 3.63) is 23.7 Å². The first-order valence-corrected chi connectivity index (χ1v) is 5.96. The van der Waals surface area contributed by atoms with Gasteiger partial charge in [0.05, 0.1) is 14.2 Å². The van der Waals surface area contributed by atoms with Gasteiger partial charge in [0.15, 0.2) is 17.0 Å². The van der Waals surface area contributed by atoms with Crippen molar-refractivity contribution in [3.63, 3.8) is 0 Å². The van der Waals surface area contributed by atoms with Gasteiger partial charge in [0, 0.05) is 12.5 Å². The van der Waals surface area contributed by atoms with E-state index in [-0.39, 0.29) is 23.2 Å². The molecule has 1 spiro atoms. The highest BCUT2D eigenvalue weighted by atomic mass is 16.6. The molecule has 18 heavy (non-hydrogen) atoms. The lowest BCUT2D eigenvalue weighted by atomic mass is 9.81. The Morgan fingerprint density at radius 2 is 2.17 bits per heavy atom. The smallest absolute Gasteiger partial charge is 0.236 e. The summed E-state index contributed by atoms with van der Waals surface area (Å²) < 4.78 is 16.0. The van der Waals surface area contributed by atoms with E-state index in [4.69, 9.17) is 14.2 Å². The van der Waals surface area contributed by atoms with Gasteiger partial charge in [-0.05, 0) is 18.4 Å². The third-order valence-electron chi connectivity index (χ3n) is 4.40. The summed E-state index contributed by atoms with van der Waals surface area (Å²) in [5.41, 5.74) is -2.30. The molecule has 2 aliphatic carbocycles. The van der Waals surface area contributed by atoms with Gasteiger partial charge in [0.1, 0.15) is 0 Å². The second-order valence-electron chi connectivity index (χ2n) is 4.98. The molecular formula is C13H16O5. The van der Waals surface area contributed by atoms with Crippen molar-refractivity contribution in [1.29, 1.82) is 0 Å². The largest absolute Gasteiger partial charge is 0.494 e. The van der Waals surface area contributed by atoms with Crippen LogP contribution in [-0.2, 0) is 19.0 Å². The molecule has 1 aliphatic heterocycles. The number of aliphatic hydroxyl groups is 1. The maximum Gasteiger partial charge on any atom is 0.236 e. The van der Waals surface area contributed by atoms with E-state index < -0.39 is 11.2 Å². The number of hydrogen-bond donors (Lipinski definition) is 1. The topological polar surface area (TPSA) is 65.0 Å². The van der Waals surface area contributed by atoms with Crippen molar-refractivity contribution >= 4 is 5.78 Å². The molecule has 1 saturated carbocycles. The number of ether oxygens (including phenoxy) is 3. The van der Waals surface area contributed by atoms with E-state index in [0.717, 1.165) is 6.42 Å². The van der Waals surface area contributed by atoms with E-state index in [1.807, 2.05) is 0 Å². The van der Waals surface area contributed by atoms with Gasteiger partial charge in [-0.3, -0.25) is 4.79 Å². The summed E-state index contributed by atoms with van der Waals surface area (Å²) in [7, 11) is 2.80. The van der Waals surface area contributed by atoms with Crippen LogP contribution in [0.3, 0.4) is 0 Å². The third-order valence-corrected chi connectivity index (χ3v) is 4.40. The maximum atomic E-state index is 12.6. The predicted octanol–water partition coefficient (Wildman–Crippen LogP) is 0.540. The van der Waals surface area contributed by atoms with Crippen LogP contribution in [-0.4, -0.2) is 42.9 Å². The summed E-state index contributed by atoms with van der Waals surface area (Å²) in [5, 5.41) is 11.0. The Morgan fingerprint density at radius 1 is 1.44 bits per heavy atom. The van der Waals surface area contributed by atoms with Crippen molar-refractivity contribution in [2.24, 2.45) is 5.92 Å². The van der Waals surface area contributed by atoms with Gasteiger partial charge in [-0.25, -0.2) is 0 Å². The van der Waals surface area contributed by atoms with E-state index in [1.165, 1.54) is 14.2 Å². The Morgan fingerprint density at radius 3 is 2.78 bits per heavy atom. The highest BCUT2D eigenvalue weighted by Crippen LogP contribution is 2.61. The Balaban J connectivity index is 2.26. The molecule has 3 aliphatic rings. The Labute approximate surface area is 105 Å². The molecule has 3 rings (SSSR count). The summed E-state index contributed by atoms with van der Waals surface area (Å²) in [5.74, 6) is -0.206. The lowest BCUT2D eigenvalue weighted by Crippen LogP contribution is -2.55. The van der Waals surface area contributed by atoms with Gasteiger partial charge < -0.3 is 19.3 Å². The first kappa shape index (κ1) is 11.7. The van der Waals surface area contributed by atoms with Crippen molar-refractivity contribution in [2.45, 2.75) is 24.0 Å². The molecule has 5 nitrogen and oxygen atoms in total. The predicted molar refractivity (Wildman–Crippen MR) is 61.5 cm³/mol. The molecule has 1 N–H and O–H groups in total. The molecule has 0 amide bonds. The van der Waals surface area contributed by atoms with Gasteiger partial charge >= 0.3 is 0 Å². The number of ketones is 1. The molecule has 0 aromatic carbocycles. The zero-order valence-corrected chi connectivity index (χ0v) is 10.5. The zero-order chi connectivity index (χ0) is 13.1. The van der Waals surface area contributed by atoms with Crippen LogP contribution in [0.1, 0.15) is 12.8 Å². The second kappa shape index (κ2) is 3.36. The van der Waals surface area contributed by atoms with Crippen molar-refractivity contribution < 1.29 is 24.1 Å². The van der Waals surface area contributed by atoms with Crippen LogP contribution in [0.25, 0.3) is 0 Å². The Kier molecular flexibility index (Phi) is 2.19. The number of rotatable bonds is 2. The molecular weight excluding hydrogens is 236 g/mol. The summed E-state index contributed by atoms with van der Waals surface area (Å²) in [6, 6.07) is 0. The molecule has 1 saturated heterocycles. The lowest BCUT2D eigenvalue weighted by molar-refractivity contribution is -0.157. The normalized spacial score (nSPS) is 42.3. The van der Waals surface area contributed by atoms with E-state index in [9.17, 15) is 9.90 Å². The standard InChI is InChI=1S/C13H16O5/c1-7-6-8-4-5-18-13(8)10(14)9(16-2)11(17-3)12(7,13)15/h8,15H,1,4-6H2,2-3H3/t8-,12-,13+/m1/s1. The molecule has 5 heteroatoms. The van der Waals surface area contributed by atoms with Crippen molar-refractivity contribution in [3.8, 4) is 0 Å². The fourth-order valence-electron chi connectivity index (χ4n) is 3.64. The molecule has 1 heterocycles. The van der Waals surface area contributed by atoms with Gasteiger partial charge in [-0.1, -0.05) is 6.58 Å². The van der Waals surface area contributed by atoms with Crippen molar-refractivity contribution in [1.82, 2.24) is 0 Å². The lowest BCUT2D eigenvalue weighted by Gasteiger charge is -2.34. The maximum absolute atomic E-state index is 12.6. The first-order chi connectivity index (χ1) is 8.54. The summed E-state index contributed by atoms with van der Waals surface area (Å²) in [6.07, 6.45) is 1.31. The fourth-order valence-corrected chi connectivity index (χ4v) is 3.64. The molecule has 0 aromatic heterocycles. The summed E-state index contributed by atoms with van der Waals surface area (Å²) >= 11 is 0. The number of Topliss-reactive ketones (excluding diaryl/α,β-unsaturated/α-hetero) is 1. The Hall–Kier alpha value is -1.33. The fraction of sp³-hybridized carbons (Fsp3) is 0.615. The van der Waals surface area contributed by atoms with Crippen LogP contribution in [0.5, 0.6) is 0 Å². The first-order valence-electron chi connectivity index (χ1n) is 5.96. The minimum Gasteiger partial charge on any atom is -0.494 e. The molecule has 0 bridgehead atoms. The summed E-state index contributed by atoms with van der Waals surface area (Å²) in [6.45, 7) is 4.35.